The zero-order valence-corrected chi connectivity index (χ0v) is 13.1. The Hall–Kier alpha value is -2.50. The molecule has 1 saturated heterocycles. The summed E-state index contributed by atoms with van der Waals surface area (Å²) in [6.07, 6.45) is 9.24. The van der Waals surface area contributed by atoms with Gasteiger partial charge < -0.3 is 20.5 Å². The number of piperidine rings is 1. The number of hydrogen-bond acceptors (Lipinski definition) is 5. The SMILES string of the molecule is CN1C(N)=NC=CC1c1c[nH]c2nccc(N3CC4CC4C3)c12. The molecule has 1 aliphatic carbocycles. The van der Waals surface area contributed by atoms with Crippen molar-refractivity contribution in [3.63, 3.8) is 0 Å². The smallest absolute Gasteiger partial charge is 0.196 e. The highest BCUT2D eigenvalue weighted by molar-refractivity contribution is 5.94. The van der Waals surface area contributed by atoms with E-state index in [4.69, 9.17) is 5.73 Å². The average Bonchev–Trinajstić information content (AvgIpc) is 2.97. The lowest BCUT2D eigenvalue weighted by Crippen LogP contribution is -2.37. The molecule has 23 heavy (non-hydrogen) atoms. The van der Waals surface area contributed by atoms with Crippen molar-refractivity contribution in [3.05, 3.63) is 36.3 Å². The normalized spacial score (nSPS) is 29.1. The van der Waals surface area contributed by atoms with E-state index < -0.39 is 0 Å². The molecule has 1 saturated carbocycles. The lowest BCUT2D eigenvalue weighted by molar-refractivity contribution is 0.429. The fraction of sp³-hybridized carbons (Fsp3) is 0.412. The maximum atomic E-state index is 5.99. The summed E-state index contributed by atoms with van der Waals surface area (Å²) >= 11 is 0. The summed E-state index contributed by atoms with van der Waals surface area (Å²) < 4.78 is 0. The van der Waals surface area contributed by atoms with Crippen LogP contribution in [0.2, 0.25) is 0 Å². The summed E-state index contributed by atoms with van der Waals surface area (Å²) in [6, 6.07) is 2.23. The van der Waals surface area contributed by atoms with E-state index in [1.807, 2.05) is 18.1 Å². The number of rotatable bonds is 2. The number of aromatic nitrogens is 2. The van der Waals surface area contributed by atoms with Gasteiger partial charge in [0.25, 0.3) is 0 Å². The molecule has 0 bridgehead atoms. The van der Waals surface area contributed by atoms with Gasteiger partial charge in [0, 0.05) is 55.4 Å². The largest absolute Gasteiger partial charge is 0.370 e. The standard InChI is InChI=1S/C17H20N6/c1-22-13(2-5-20-17(22)18)12-7-21-16-15(12)14(3-4-19-16)23-8-10-6-11(10)9-23/h2-5,7,10-11,13H,6,8-9H2,1H3,(H2,18,20)(H,19,21). The highest BCUT2D eigenvalue weighted by Gasteiger charge is 2.45. The number of anilines is 1. The molecule has 3 aliphatic rings. The van der Waals surface area contributed by atoms with Crippen LogP contribution in [-0.2, 0) is 0 Å². The average molecular weight is 308 g/mol. The Morgan fingerprint density at radius 3 is 2.96 bits per heavy atom. The van der Waals surface area contributed by atoms with E-state index in [0.29, 0.717) is 5.96 Å². The highest BCUT2D eigenvalue weighted by Crippen LogP contribution is 2.48. The summed E-state index contributed by atoms with van der Waals surface area (Å²) in [5, 5.41) is 1.21. The van der Waals surface area contributed by atoms with Crippen LogP contribution < -0.4 is 10.6 Å². The minimum atomic E-state index is 0.0846. The molecule has 4 heterocycles. The number of pyridine rings is 1. The molecule has 2 aromatic heterocycles. The molecule has 0 radical (unpaired) electrons. The molecule has 0 aromatic carbocycles. The van der Waals surface area contributed by atoms with E-state index in [0.717, 1.165) is 17.5 Å². The van der Waals surface area contributed by atoms with E-state index in [1.54, 1.807) is 6.20 Å². The lowest BCUT2D eigenvalue weighted by Gasteiger charge is -2.29. The van der Waals surface area contributed by atoms with Crippen molar-refractivity contribution in [2.45, 2.75) is 12.5 Å². The molecule has 5 rings (SSSR count). The van der Waals surface area contributed by atoms with Gasteiger partial charge in [0.15, 0.2) is 5.96 Å². The molecule has 0 amide bonds. The van der Waals surface area contributed by atoms with Crippen LogP contribution in [0, 0.1) is 11.8 Å². The summed E-state index contributed by atoms with van der Waals surface area (Å²) in [7, 11) is 1.98. The molecular weight excluding hydrogens is 288 g/mol. The Balaban J connectivity index is 1.62. The van der Waals surface area contributed by atoms with Crippen LogP contribution in [0.5, 0.6) is 0 Å². The maximum absolute atomic E-state index is 5.99. The molecule has 6 nitrogen and oxygen atoms in total. The molecule has 2 aliphatic heterocycles. The van der Waals surface area contributed by atoms with Gasteiger partial charge in [-0.2, -0.15) is 0 Å². The van der Waals surface area contributed by atoms with E-state index >= 15 is 0 Å². The van der Waals surface area contributed by atoms with Gasteiger partial charge in [-0.25, -0.2) is 9.98 Å². The number of aliphatic imine (C=N–C) groups is 1. The van der Waals surface area contributed by atoms with Gasteiger partial charge in [0.1, 0.15) is 5.65 Å². The summed E-state index contributed by atoms with van der Waals surface area (Å²) in [6.45, 7) is 2.35. The Morgan fingerprint density at radius 2 is 2.13 bits per heavy atom. The third kappa shape index (κ3) is 1.87. The van der Waals surface area contributed by atoms with Gasteiger partial charge in [-0.1, -0.05) is 0 Å². The Kier molecular flexibility index (Phi) is 2.54. The van der Waals surface area contributed by atoms with Crippen LogP contribution in [0.15, 0.2) is 35.7 Å². The van der Waals surface area contributed by atoms with E-state index in [2.05, 4.69) is 38.2 Å². The summed E-state index contributed by atoms with van der Waals surface area (Å²) in [5.74, 6) is 2.35. The molecule has 3 N–H and O–H groups in total. The zero-order valence-electron chi connectivity index (χ0n) is 13.1. The summed E-state index contributed by atoms with van der Waals surface area (Å²) in [4.78, 5) is 16.5. The van der Waals surface area contributed by atoms with Gasteiger partial charge in [0.2, 0.25) is 0 Å². The Morgan fingerprint density at radius 1 is 1.30 bits per heavy atom. The van der Waals surface area contributed by atoms with Crippen molar-refractivity contribution in [1.82, 2.24) is 14.9 Å². The monoisotopic (exact) mass is 308 g/mol. The number of nitrogens with zero attached hydrogens (tertiary/aromatic N) is 4. The molecular formula is C17H20N6. The number of hydrogen-bond donors (Lipinski definition) is 2. The molecule has 6 heteroatoms. The first-order chi connectivity index (χ1) is 11.2. The first-order valence-electron chi connectivity index (χ1n) is 8.16. The van der Waals surface area contributed by atoms with E-state index in [9.17, 15) is 0 Å². The van der Waals surface area contributed by atoms with Crippen LogP contribution in [0.3, 0.4) is 0 Å². The number of fused-ring (bicyclic) bond motifs is 2. The third-order valence-electron chi connectivity index (χ3n) is 5.47. The van der Waals surface area contributed by atoms with Crippen LogP contribution in [0.1, 0.15) is 18.0 Å². The molecule has 118 valence electrons. The first-order valence-corrected chi connectivity index (χ1v) is 8.16. The van der Waals surface area contributed by atoms with Crippen molar-refractivity contribution >= 4 is 22.7 Å². The van der Waals surface area contributed by atoms with E-state index in [1.165, 1.54) is 36.1 Å². The number of likely N-dealkylation sites (N-methyl/N-ethyl adjacent to an activating group) is 1. The molecule has 3 unspecified atom stereocenters. The molecule has 0 spiro atoms. The van der Waals surface area contributed by atoms with Crippen molar-refractivity contribution in [3.8, 4) is 0 Å². The number of H-pyrrole nitrogens is 1. The summed E-state index contributed by atoms with van der Waals surface area (Å²) in [5.41, 5.74) is 9.44. The molecule has 3 atom stereocenters. The number of aromatic amines is 1. The predicted molar refractivity (Wildman–Crippen MR) is 91.2 cm³/mol. The van der Waals surface area contributed by atoms with E-state index in [-0.39, 0.29) is 6.04 Å². The second kappa shape index (κ2) is 4.50. The van der Waals surface area contributed by atoms with Gasteiger partial charge in [-0.05, 0) is 30.4 Å². The van der Waals surface area contributed by atoms with Crippen molar-refractivity contribution in [2.24, 2.45) is 22.6 Å². The number of guanidine groups is 1. The third-order valence-corrected chi connectivity index (χ3v) is 5.47. The van der Waals surface area contributed by atoms with Crippen LogP contribution in [0.4, 0.5) is 5.69 Å². The first kappa shape index (κ1) is 13.0. The van der Waals surface area contributed by atoms with Crippen molar-refractivity contribution in [1.29, 1.82) is 0 Å². The number of nitrogens with two attached hydrogens (primary N) is 1. The minimum absolute atomic E-state index is 0.0846. The fourth-order valence-corrected chi connectivity index (χ4v) is 4.03. The highest BCUT2D eigenvalue weighted by atomic mass is 15.3. The van der Waals surface area contributed by atoms with Crippen molar-refractivity contribution < 1.29 is 0 Å². The second-order valence-corrected chi connectivity index (χ2v) is 6.84. The Bertz CT molecular complexity index is 825. The molecule has 2 fully saturated rings. The van der Waals surface area contributed by atoms with Crippen molar-refractivity contribution in [2.75, 3.05) is 25.0 Å². The van der Waals surface area contributed by atoms with Crippen LogP contribution in [-0.4, -0.2) is 41.0 Å². The fourth-order valence-electron chi connectivity index (χ4n) is 4.03. The number of nitrogens with one attached hydrogen (secondary N) is 1. The molecule has 2 aromatic rings. The lowest BCUT2D eigenvalue weighted by atomic mass is 10.0. The topological polar surface area (TPSA) is 73.5 Å². The minimum Gasteiger partial charge on any atom is -0.370 e. The van der Waals surface area contributed by atoms with Gasteiger partial charge >= 0.3 is 0 Å². The van der Waals surface area contributed by atoms with Crippen LogP contribution in [0.25, 0.3) is 11.0 Å². The second-order valence-electron chi connectivity index (χ2n) is 6.84. The maximum Gasteiger partial charge on any atom is 0.196 e. The van der Waals surface area contributed by atoms with Gasteiger partial charge in [0.05, 0.1) is 6.04 Å². The zero-order chi connectivity index (χ0) is 15.6. The predicted octanol–water partition coefficient (Wildman–Crippen LogP) is 1.83. The van der Waals surface area contributed by atoms with Gasteiger partial charge in [-0.3, -0.25) is 0 Å². The van der Waals surface area contributed by atoms with Crippen LogP contribution >= 0.6 is 0 Å². The quantitative estimate of drug-likeness (QED) is 0.888. The Labute approximate surface area is 134 Å². The van der Waals surface area contributed by atoms with Gasteiger partial charge in [-0.15, -0.1) is 0 Å².